The maximum atomic E-state index is 10.4. The maximum absolute atomic E-state index is 10.4. The van der Waals surface area contributed by atoms with Gasteiger partial charge in [0.05, 0.1) is 18.6 Å². The second-order valence-corrected chi connectivity index (χ2v) is 7.16. The van der Waals surface area contributed by atoms with Crippen molar-refractivity contribution < 1.29 is 20.1 Å². The summed E-state index contributed by atoms with van der Waals surface area (Å²) in [6.45, 7) is 2.25. The largest absolute Gasteiger partial charge is 0.481 e. The summed E-state index contributed by atoms with van der Waals surface area (Å²) in [4.78, 5) is 10.4. The Labute approximate surface area is 148 Å². The molecule has 0 rings (SSSR count). The minimum absolute atomic E-state index is 0.179. The molecule has 0 fully saturated rings. The first-order valence-corrected chi connectivity index (χ1v) is 10.1. The van der Waals surface area contributed by atoms with Crippen molar-refractivity contribution in [3.8, 4) is 0 Å². The Morgan fingerprint density at radius 3 is 1.50 bits per heavy atom. The highest BCUT2D eigenvalue weighted by Gasteiger charge is 2.09. The molecule has 24 heavy (non-hydrogen) atoms. The molecule has 0 saturated carbocycles. The molecule has 4 heteroatoms. The lowest BCUT2D eigenvalue weighted by Crippen LogP contribution is -2.13. The minimum Gasteiger partial charge on any atom is -0.481 e. The van der Waals surface area contributed by atoms with Crippen LogP contribution in [0, 0.1) is 0 Å². The molecule has 0 heterocycles. The summed E-state index contributed by atoms with van der Waals surface area (Å²) in [5.41, 5.74) is 0. The first-order valence-electron chi connectivity index (χ1n) is 10.1. The number of rotatable bonds is 18. The molecule has 144 valence electrons. The van der Waals surface area contributed by atoms with Crippen LogP contribution in [0.1, 0.15) is 110 Å². The number of aliphatic carboxylic acids is 1. The van der Waals surface area contributed by atoms with Gasteiger partial charge in [0.2, 0.25) is 0 Å². The highest BCUT2D eigenvalue weighted by atomic mass is 16.4. The van der Waals surface area contributed by atoms with E-state index in [4.69, 9.17) is 5.11 Å². The van der Waals surface area contributed by atoms with Gasteiger partial charge in [-0.15, -0.1) is 0 Å². The van der Waals surface area contributed by atoms with Crippen LogP contribution >= 0.6 is 0 Å². The SMILES string of the molecule is CCCCCCCCCCCCC(O)CCCCC(O)CC(=O)O. The molecule has 0 radical (unpaired) electrons. The number of carbonyl (C=O) groups is 1. The summed E-state index contributed by atoms with van der Waals surface area (Å²) in [5, 5.41) is 27.9. The second-order valence-electron chi connectivity index (χ2n) is 7.16. The van der Waals surface area contributed by atoms with Gasteiger partial charge in [0.15, 0.2) is 0 Å². The third-order valence-corrected chi connectivity index (χ3v) is 4.63. The van der Waals surface area contributed by atoms with Crippen molar-refractivity contribution in [1.29, 1.82) is 0 Å². The lowest BCUT2D eigenvalue weighted by atomic mass is 10.0. The van der Waals surface area contributed by atoms with E-state index in [1.165, 1.54) is 57.8 Å². The van der Waals surface area contributed by atoms with Gasteiger partial charge in [0, 0.05) is 0 Å². The molecule has 0 aliphatic heterocycles. The summed E-state index contributed by atoms with van der Waals surface area (Å²) < 4.78 is 0. The Kier molecular flexibility index (Phi) is 16.8. The van der Waals surface area contributed by atoms with Crippen molar-refractivity contribution in [2.24, 2.45) is 0 Å². The number of unbranched alkanes of at least 4 members (excludes halogenated alkanes) is 10. The van der Waals surface area contributed by atoms with Gasteiger partial charge in [-0.2, -0.15) is 0 Å². The van der Waals surface area contributed by atoms with E-state index >= 15 is 0 Å². The molecular formula is C20H40O4. The van der Waals surface area contributed by atoms with Gasteiger partial charge in [-0.1, -0.05) is 84.0 Å². The van der Waals surface area contributed by atoms with Crippen LogP contribution in [0.3, 0.4) is 0 Å². The maximum Gasteiger partial charge on any atom is 0.305 e. The fourth-order valence-electron chi connectivity index (χ4n) is 3.08. The van der Waals surface area contributed by atoms with Crippen LogP contribution in [0.15, 0.2) is 0 Å². The number of hydrogen-bond donors (Lipinski definition) is 3. The smallest absolute Gasteiger partial charge is 0.305 e. The van der Waals surface area contributed by atoms with E-state index in [0.717, 1.165) is 32.1 Å². The molecule has 0 aromatic rings. The van der Waals surface area contributed by atoms with E-state index in [1.54, 1.807) is 0 Å². The quantitative estimate of drug-likeness (QED) is 0.304. The van der Waals surface area contributed by atoms with E-state index < -0.39 is 12.1 Å². The molecule has 0 spiro atoms. The summed E-state index contributed by atoms with van der Waals surface area (Å²) in [6, 6.07) is 0. The standard InChI is InChI=1S/C20H40O4/c1-2-3-4-5-6-7-8-9-10-11-14-18(21)15-12-13-16-19(22)17-20(23)24/h18-19,21-22H,2-17H2,1H3,(H,23,24). The fourth-order valence-corrected chi connectivity index (χ4v) is 3.08. The predicted octanol–water partition coefficient (Wildman–Crippen LogP) is 5.05. The molecule has 2 atom stereocenters. The Bertz CT molecular complexity index is 281. The molecular weight excluding hydrogens is 304 g/mol. The summed E-state index contributed by atoms with van der Waals surface area (Å²) in [5.74, 6) is -0.955. The van der Waals surface area contributed by atoms with Crippen LogP contribution in [-0.4, -0.2) is 33.5 Å². The Morgan fingerprint density at radius 1 is 0.667 bits per heavy atom. The number of aliphatic hydroxyl groups is 2. The fraction of sp³-hybridized carbons (Fsp3) is 0.950. The molecule has 0 saturated heterocycles. The summed E-state index contributed by atoms with van der Waals surface area (Å²) in [7, 11) is 0. The van der Waals surface area contributed by atoms with Gasteiger partial charge >= 0.3 is 5.97 Å². The molecule has 0 amide bonds. The van der Waals surface area contributed by atoms with Crippen molar-refractivity contribution in [2.75, 3.05) is 0 Å². The average molecular weight is 345 g/mol. The van der Waals surface area contributed by atoms with Crippen LogP contribution in [0.25, 0.3) is 0 Å². The third kappa shape index (κ3) is 17.7. The molecule has 0 aliphatic rings. The first-order chi connectivity index (χ1) is 11.6. The minimum atomic E-state index is -0.955. The topological polar surface area (TPSA) is 77.8 Å². The predicted molar refractivity (Wildman–Crippen MR) is 99.2 cm³/mol. The van der Waals surface area contributed by atoms with Gasteiger partial charge in [0.1, 0.15) is 0 Å². The van der Waals surface area contributed by atoms with Crippen LogP contribution in [0.5, 0.6) is 0 Å². The number of hydrogen-bond acceptors (Lipinski definition) is 3. The average Bonchev–Trinajstić information content (AvgIpc) is 2.52. The van der Waals surface area contributed by atoms with Crippen LogP contribution < -0.4 is 0 Å². The lowest BCUT2D eigenvalue weighted by Gasteiger charge is -2.11. The Morgan fingerprint density at radius 2 is 1.04 bits per heavy atom. The van der Waals surface area contributed by atoms with Crippen molar-refractivity contribution in [2.45, 2.75) is 122 Å². The van der Waals surface area contributed by atoms with Crippen LogP contribution in [0.4, 0.5) is 0 Å². The Balaban J connectivity index is 3.26. The molecule has 3 N–H and O–H groups in total. The zero-order chi connectivity index (χ0) is 18.0. The molecule has 0 bridgehead atoms. The van der Waals surface area contributed by atoms with Crippen LogP contribution in [-0.2, 0) is 4.79 Å². The zero-order valence-corrected chi connectivity index (χ0v) is 15.7. The van der Waals surface area contributed by atoms with Gasteiger partial charge in [-0.25, -0.2) is 0 Å². The van der Waals surface area contributed by atoms with Crippen molar-refractivity contribution in [1.82, 2.24) is 0 Å². The second kappa shape index (κ2) is 17.2. The number of carboxylic acids is 1. The molecule has 4 nitrogen and oxygen atoms in total. The highest BCUT2D eigenvalue weighted by molar-refractivity contribution is 5.67. The number of carboxylic acid groups (broad SMARTS) is 1. The summed E-state index contributed by atoms with van der Waals surface area (Å²) >= 11 is 0. The molecule has 0 aromatic carbocycles. The normalized spacial score (nSPS) is 13.8. The first kappa shape index (κ1) is 23.4. The monoisotopic (exact) mass is 344 g/mol. The Hall–Kier alpha value is -0.610. The van der Waals surface area contributed by atoms with E-state index in [2.05, 4.69) is 6.92 Å². The van der Waals surface area contributed by atoms with Crippen LogP contribution in [0.2, 0.25) is 0 Å². The van der Waals surface area contributed by atoms with Gasteiger partial charge in [0.25, 0.3) is 0 Å². The van der Waals surface area contributed by atoms with E-state index in [9.17, 15) is 15.0 Å². The number of aliphatic hydroxyl groups excluding tert-OH is 2. The van der Waals surface area contributed by atoms with Crippen molar-refractivity contribution in [3.63, 3.8) is 0 Å². The molecule has 2 unspecified atom stereocenters. The van der Waals surface area contributed by atoms with Gasteiger partial charge in [-0.3, -0.25) is 4.79 Å². The van der Waals surface area contributed by atoms with E-state index in [-0.39, 0.29) is 12.5 Å². The zero-order valence-electron chi connectivity index (χ0n) is 15.7. The lowest BCUT2D eigenvalue weighted by molar-refractivity contribution is -0.139. The highest BCUT2D eigenvalue weighted by Crippen LogP contribution is 2.15. The van der Waals surface area contributed by atoms with E-state index in [0.29, 0.717) is 6.42 Å². The van der Waals surface area contributed by atoms with Crippen molar-refractivity contribution >= 4 is 5.97 Å². The van der Waals surface area contributed by atoms with E-state index in [1.807, 2.05) is 0 Å². The van der Waals surface area contributed by atoms with Crippen molar-refractivity contribution in [3.05, 3.63) is 0 Å². The van der Waals surface area contributed by atoms with Gasteiger partial charge < -0.3 is 15.3 Å². The third-order valence-electron chi connectivity index (χ3n) is 4.63. The summed E-state index contributed by atoms with van der Waals surface area (Å²) in [6.07, 6.45) is 15.7. The molecule has 0 aromatic heterocycles. The molecule has 0 aliphatic carbocycles. The van der Waals surface area contributed by atoms with Gasteiger partial charge in [-0.05, 0) is 19.3 Å².